The number of nitrogens with zero attached hydrogens (tertiary/aromatic N) is 1. The third-order valence-electron chi connectivity index (χ3n) is 2.24. The Kier molecular flexibility index (Phi) is 3.91. The van der Waals surface area contributed by atoms with Crippen LogP contribution in [0.4, 0.5) is 15.8 Å². The Labute approximate surface area is 119 Å². The van der Waals surface area contributed by atoms with Gasteiger partial charge in [-0.3, -0.25) is 14.9 Å². The molecule has 8 heteroatoms. The number of nitro groups is 1. The Balaban J connectivity index is 2.25. The van der Waals surface area contributed by atoms with E-state index < -0.39 is 16.6 Å². The molecule has 19 heavy (non-hydrogen) atoms. The lowest BCUT2D eigenvalue weighted by atomic mass is 10.2. The van der Waals surface area contributed by atoms with Gasteiger partial charge >= 0.3 is 0 Å². The first kappa shape index (κ1) is 13.6. The molecule has 98 valence electrons. The second-order valence-corrected chi connectivity index (χ2v) is 5.81. The van der Waals surface area contributed by atoms with Crippen molar-refractivity contribution >= 4 is 44.5 Å². The van der Waals surface area contributed by atoms with Crippen molar-refractivity contribution in [3.8, 4) is 0 Å². The predicted molar refractivity (Wildman–Crippen MR) is 73.0 cm³/mol. The first-order valence-corrected chi connectivity index (χ1v) is 6.64. The summed E-state index contributed by atoms with van der Waals surface area (Å²) in [5.41, 5.74) is -0.160. The molecule has 0 unspecified atom stereocenters. The number of rotatable bonds is 3. The molecular weight excluding hydrogens is 339 g/mol. The van der Waals surface area contributed by atoms with E-state index >= 15 is 0 Å². The van der Waals surface area contributed by atoms with Crippen molar-refractivity contribution < 1.29 is 14.1 Å². The summed E-state index contributed by atoms with van der Waals surface area (Å²) >= 11 is 4.52. The maximum atomic E-state index is 13.5. The minimum atomic E-state index is -0.728. The Morgan fingerprint density at radius 3 is 2.74 bits per heavy atom. The number of nitro benzene ring substituents is 1. The third kappa shape index (κ3) is 3.15. The van der Waals surface area contributed by atoms with Crippen LogP contribution in [-0.2, 0) is 0 Å². The highest BCUT2D eigenvalue weighted by atomic mass is 79.9. The first-order valence-electron chi connectivity index (χ1n) is 4.96. The predicted octanol–water partition coefficient (Wildman–Crippen LogP) is 3.81. The molecule has 0 fully saturated rings. The minimum Gasteiger partial charge on any atom is -0.319 e. The Morgan fingerprint density at radius 2 is 2.16 bits per heavy atom. The zero-order valence-corrected chi connectivity index (χ0v) is 11.6. The molecule has 1 N–H and O–H groups in total. The summed E-state index contributed by atoms with van der Waals surface area (Å²) in [6, 6.07) is 4.54. The highest BCUT2D eigenvalue weighted by molar-refractivity contribution is 9.11. The summed E-state index contributed by atoms with van der Waals surface area (Å²) in [6.45, 7) is 0. The molecule has 5 nitrogen and oxygen atoms in total. The molecule has 0 aliphatic carbocycles. The van der Waals surface area contributed by atoms with Crippen LogP contribution < -0.4 is 5.32 Å². The SMILES string of the molecule is O=C(Nc1cc([N+](=O)[O-])ccc1F)c1csc(Br)c1. The van der Waals surface area contributed by atoms with Crippen LogP contribution in [0, 0.1) is 15.9 Å². The van der Waals surface area contributed by atoms with Crippen molar-refractivity contribution in [1.29, 1.82) is 0 Å². The maximum absolute atomic E-state index is 13.5. The molecule has 1 aromatic carbocycles. The minimum absolute atomic E-state index is 0.221. The second kappa shape index (κ2) is 5.45. The molecule has 0 saturated carbocycles. The van der Waals surface area contributed by atoms with E-state index in [1.165, 1.54) is 11.3 Å². The molecule has 0 aliphatic rings. The van der Waals surface area contributed by atoms with Gasteiger partial charge in [0.1, 0.15) is 5.82 Å². The van der Waals surface area contributed by atoms with Crippen LogP contribution in [0.3, 0.4) is 0 Å². The smallest absolute Gasteiger partial charge is 0.271 e. The van der Waals surface area contributed by atoms with E-state index in [0.29, 0.717) is 5.56 Å². The molecule has 0 spiro atoms. The summed E-state index contributed by atoms with van der Waals surface area (Å²) in [6.07, 6.45) is 0. The molecule has 0 bridgehead atoms. The van der Waals surface area contributed by atoms with E-state index in [0.717, 1.165) is 22.0 Å². The number of carbonyl (C=O) groups excluding carboxylic acids is 1. The van der Waals surface area contributed by atoms with E-state index in [1.807, 2.05) is 0 Å². The quantitative estimate of drug-likeness (QED) is 0.679. The van der Waals surface area contributed by atoms with Gasteiger partial charge in [0.25, 0.3) is 11.6 Å². The highest BCUT2D eigenvalue weighted by Crippen LogP contribution is 2.24. The van der Waals surface area contributed by atoms with Crippen molar-refractivity contribution in [2.24, 2.45) is 0 Å². The number of hydrogen-bond acceptors (Lipinski definition) is 4. The average molecular weight is 345 g/mol. The normalized spacial score (nSPS) is 10.2. The number of halogens is 2. The van der Waals surface area contributed by atoms with Gasteiger partial charge in [-0.1, -0.05) is 0 Å². The number of anilines is 1. The molecule has 2 aromatic rings. The van der Waals surface area contributed by atoms with Crippen molar-refractivity contribution in [2.75, 3.05) is 5.32 Å². The summed E-state index contributed by atoms with van der Waals surface area (Å²) in [5.74, 6) is -1.26. The zero-order valence-electron chi connectivity index (χ0n) is 9.22. The van der Waals surface area contributed by atoms with Gasteiger partial charge in [0.2, 0.25) is 0 Å². The van der Waals surface area contributed by atoms with E-state index in [1.54, 1.807) is 11.4 Å². The molecular formula is C11H6BrFN2O3S. The zero-order chi connectivity index (χ0) is 14.0. The molecule has 0 radical (unpaired) electrons. The summed E-state index contributed by atoms with van der Waals surface area (Å²) in [5, 5.41) is 14.5. The largest absolute Gasteiger partial charge is 0.319 e. The van der Waals surface area contributed by atoms with Gasteiger partial charge in [0.15, 0.2) is 0 Å². The number of carbonyl (C=O) groups is 1. The van der Waals surface area contributed by atoms with Crippen LogP contribution in [0.1, 0.15) is 10.4 Å². The van der Waals surface area contributed by atoms with Gasteiger partial charge in [-0.15, -0.1) is 11.3 Å². The van der Waals surface area contributed by atoms with Crippen LogP contribution in [0.2, 0.25) is 0 Å². The molecule has 1 aromatic heterocycles. The fraction of sp³-hybridized carbons (Fsp3) is 0. The number of amides is 1. The van der Waals surface area contributed by atoms with Crippen molar-refractivity contribution in [3.05, 3.63) is 54.9 Å². The van der Waals surface area contributed by atoms with Crippen molar-refractivity contribution in [3.63, 3.8) is 0 Å². The van der Waals surface area contributed by atoms with Gasteiger partial charge in [-0.25, -0.2) is 4.39 Å². The Morgan fingerprint density at radius 1 is 1.42 bits per heavy atom. The fourth-order valence-electron chi connectivity index (χ4n) is 1.35. The summed E-state index contributed by atoms with van der Waals surface area (Å²) < 4.78 is 14.2. The van der Waals surface area contributed by atoms with Gasteiger partial charge in [0.05, 0.1) is 20.0 Å². The van der Waals surface area contributed by atoms with Crippen LogP contribution in [0.5, 0.6) is 0 Å². The van der Waals surface area contributed by atoms with Crippen molar-refractivity contribution in [2.45, 2.75) is 0 Å². The monoisotopic (exact) mass is 344 g/mol. The van der Waals surface area contributed by atoms with E-state index in [9.17, 15) is 19.3 Å². The molecule has 1 amide bonds. The number of non-ortho nitro benzene ring substituents is 1. The van der Waals surface area contributed by atoms with Crippen LogP contribution in [-0.4, -0.2) is 10.8 Å². The molecule has 2 rings (SSSR count). The van der Waals surface area contributed by atoms with Crippen LogP contribution in [0.25, 0.3) is 0 Å². The van der Waals surface area contributed by atoms with E-state index in [4.69, 9.17) is 0 Å². The lowest BCUT2D eigenvalue weighted by Crippen LogP contribution is -2.12. The van der Waals surface area contributed by atoms with E-state index in [-0.39, 0.29) is 11.4 Å². The Bertz CT molecular complexity index is 659. The van der Waals surface area contributed by atoms with Gasteiger partial charge in [-0.05, 0) is 28.1 Å². The molecule has 0 atom stereocenters. The number of hydrogen-bond donors (Lipinski definition) is 1. The standard InChI is InChI=1S/C11H6BrFN2O3S/c12-10-3-6(5-19-10)11(16)14-9-4-7(15(17)18)1-2-8(9)13/h1-5H,(H,14,16). The third-order valence-corrected chi connectivity index (χ3v) is 3.74. The Hall–Kier alpha value is -1.80. The van der Waals surface area contributed by atoms with Crippen molar-refractivity contribution in [1.82, 2.24) is 0 Å². The molecule has 0 aliphatic heterocycles. The number of nitrogens with one attached hydrogen (secondary N) is 1. The summed E-state index contributed by atoms with van der Waals surface area (Å²) in [7, 11) is 0. The topological polar surface area (TPSA) is 72.2 Å². The average Bonchev–Trinajstić information content (AvgIpc) is 2.78. The van der Waals surface area contributed by atoms with Crippen LogP contribution in [0.15, 0.2) is 33.4 Å². The maximum Gasteiger partial charge on any atom is 0.271 e. The molecule has 1 heterocycles. The lowest BCUT2D eigenvalue weighted by molar-refractivity contribution is -0.384. The summed E-state index contributed by atoms with van der Waals surface area (Å²) in [4.78, 5) is 21.7. The number of thiophene rings is 1. The fourth-order valence-corrected chi connectivity index (χ4v) is 2.48. The lowest BCUT2D eigenvalue weighted by Gasteiger charge is -2.04. The van der Waals surface area contributed by atoms with Crippen LogP contribution >= 0.6 is 27.3 Å². The molecule has 0 saturated heterocycles. The second-order valence-electron chi connectivity index (χ2n) is 3.51. The first-order chi connectivity index (χ1) is 8.97. The number of benzene rings is 1. The highest BCUT2D eigenvalue weighted by Gasteiger charge is 2.14. The van der Waals surface area contributed by atoms with Gasteiger partial charge in [0, 0.05) is 17.5 Å². The van der Waals surface area contributed by atoms with Gasteiger partial charge in [-0.2, -0.15) is 0 Å². The van der Waals surface area contributed by atoms with Gasteiger partial charge < -0.3 is 5.32 Å². The van der Waals surface area contributed by atoms with E-state index in [2.05, 4.69) is 21.2 Å².